The van der Waals surface area contributed by atoms with Crippen LogP contribution in [-0.2, 0) is 11.8 Å². The highest BCUT2D eigenvalue weighted by atomic mass is 16.5. The molecule has 1 atom stereocenters. The van der Waals surface area contributed by atoms with E-state index in [0.717, 1.165) is 25.1 Å². The average Bonchev–Trinajstić information content (AvgIpc) is 3.16. The molecule has 6 nitrogen and oxygen atoms in total. The molecule has 0 bridgehead atoms. The van der Waals surface area contributed by atoms with E-state index in [4.69, 9.17) is 4.74 Å². The van der Waals surface area contributed by atoms with Crippen molar-refractivity contribution in [3.63, 3.8) is 0 Å². The lowest BCUT2D eigenvalue weighted by atomic mass is 10.2. The molecule has 0 aliphatic carbocycles. The third kappa shape index (κ3) is 2.95. The molecule has 3 heterocycles. The van der Waals surface area contributed by atoms with Gasteiger partial charge in [-0.2, -0.15) is 5.10 Å². The molecule has 2 aromatic rings. The lowest BCUT2D eigenvalue weighted by Gasteiger charge is -2.25. The Morgan fingerprint density at radius 2 is 2.19 bits per heavy atom. The normalized spacial score (nSPS) is 17.9. The molecule has 1 amide bonds. The quantitative estimate of drug-likeness (QED) is 0.857. The van der Waals surface area contributed by atoms with Crippen LogP contribution in [0, 0.1) is 0 Å². The number of anilines is 1. The minimum atomic E-state index is -0.0725. The largest absolute Gasteiger partial charge is 0.376 e. The van der Waals surface area contributed by atoms with Gasteiger partial charge in [0, 0.05) is 37.9 Å². The van der Waals surface area contributed by atoms with Crippen molar-refractivity contribution in [2.75, 3.05) is 18.1 Å². The van der Waals surface area contributed by atoms with E-state index in [1.54, 1.807) is 41.3 Å². The molecule has 110 valence electrons. The Kier molecular flexibility index (Phi) is 3.96. The molecule has 6 heteroatoms. The first-order chi connectivity index (χ1) is 10.3. The smallest absolute Gasteiger partial charge is 0.276 e. The fourth-order valence-electron chi connectivity index (χ4n) is 2.54. The Hall–Kier alpha value is -2.21. The van der Waals surface area contributed by atoms with Crippen LogP contribution >= 0.6 is 0 Å². The first-order valence-corrected chi connectivity index (χ1v) is 7.07. The van der Waals surface area contributed by atoms with Crippen LogP contribution in [0.5, 0.6) is 0 Å². The highest BCUT2D eigenvalue weighted by Crippen LogP contribution is 2.20. The number of pyridine rings is 1. The van der Waals surface area contributed by atoms with Crippen LogP contribution in [0.1, 0.15) is 23.3 Å². The summed E-state index contributed by atoms with van der Waals surface area (Å²) in [6.07, 6.45) is 7.14. The second-order valence-corrected chi connectivity index (χ2v) is 5.10. The molecule has 0 N–H and O–H groups in total. The summed E-state index contributed by atoms with van der Waals surface area (Å²) >= 11 is 0. The van der Waals surface area contributed by atoms with Gasteiger partial charge in [-0.1, -0.05) is 0 Å². The summed E-state index contributed by atoms with van der Waals surface area (Å²) in [5.74, 6) is -0.0725. The van der Waals surface area contributed by atoms with E-state index in [0.29, 0.717) is 12.2 Å². The van der Waals surface area contributed by atoms with Crippen molar-refractivity contribution in [1.82, 2.24) is 14.8 Å². The van der Waals surface area contributed by atoms with Crippen LogP contribution in [0.2, 0.25) is 0 Å². The topological polar surface area (TPSA) is 60.2 Å². The molecular formula is C15H18N4O2. The maximum absolute atomic E-state index is 12.8. The predicted octanol–water partition coefficient (Wildman–Crippen LogP) is 1.64. The number of aromatic nitrogens is 3. The van der Waals surface area contributed by atoms with E-state index >= 15 is 0 Å². The maximum atomic E-state index is 12.8. The summed E-state index contributed by atoms with van der Waals surface area (Å²) < 4.78 is 7.26. The third-order valence-electron chi connectivity index (χ3n) is 3.67. The average molecular weight is 286 g/mol. The lowest BCUT2D eigenvalue weighted by Crippen LogP contribution is -2.38. The minimum Gasteiger partial charge on any atom is -0.376 e. The summed E-state index contributed by atoms with van der Waals surface area (Å²) in [7, 11) is 1.77. The molecule has 0 saturated carbocycles. The first kappa shape index (κ1) is 13.8. The van der Waals surface area contributed by atoms with Crippen LogP contribution in [-0.4, -0.2) is 39.9 Å². The van der Waals surface area contributed by atoms with Gasteiger partial charge >= 0.3 is 0 Å². The van der Waals surface area contributed by atoms with Gasteiger partial charge in [-0.3, -0.25) is 14.5 Å². The summed E-state index contributed by atoms with van der Waals surface area (Å²) in [6, 6.07) is 5.40. The maximum Gasteiger partial charge on any atom is 0.276 e. The Balaban J connectivity index is 1.88. The van der Waals surface area contributed by atoms with Crippen LogP contribution < -0.4 is 4.90 Å². The second kappa shape index (κ2) is 6.05. The zero-order valence-corrected chi connectivity index (χ0v) is 12.0. The molecule has 1 saturated heterocycles. The Morgan fingerprint density at radius 1 is 1.38 bits per heavy atom. The van der Waals surface area contributed by atoms with Crippen molar-refractivity contribution in [2.45, 2.75) is 18.9 Å². The number of carbonyl (C=O) groups is 1. The van der Waals surface area contributed by atoms with E-state index in [9.17, 15) is 4.79 Å². The van der Waals surface area contributed by atoms with E-state index in [-0.39, 0.29) is 12.0 Å². The summed E-state index contributed by atoms with van der Waals surface area (Å²) in [5.41, 5.74) is 1.39. The van der Waals surface area contributed by atoms with Gasteiger partial charge in [-0.25, -0.2) is 0 Å². The van der Waals surface area contributed by atoms with Crippen molar-refractivity contribution >= 4 is 11.6 Å². The number of ether oxygens (including phenoxy) is 1. The zero-order chi connectivity index (χ0) is 14.7. The van der Waals surface area contributed by atoms with Gasteiger partial charge in [-0.05, 0) is 31.0 Å². The highest BCUT2D eigenvalue weighted by molar-refractivity contribution is 6.04. The number of aryl methyl sites for hydroxylation is 1. The third-order valence-corrected chi connectivity index (χ3v) is 3.67. The highest BCUT2D eigenvalue weighted by Gasteiger charge is 2.26. The first-order valence-electron chi connectivity index (χ1n) is 7.07. The van der Waals surface area contributed by atoms with Gasteiger partial charge in [0.25, 0.3) is 5.91 Å². The van der Waals surface area contributed by atoms with E-state index in [1.165, 1.54) is 0 Å². The van der Waals surface area contributed by atoms with Gasteiger partial charge in [0.2, 0.25) is 0 Å². The Labute approximate surface area is 123 Å². The molecule has 0 radical (unpaired) electrons. The monoisotopic (exact) mass is 286 g/mol. The fourth-order valence-corrected chi connectivity index (χ4v) is 2.54. The van der Waals surface area contributed by atoms with Crippen molar-refractivity contribution in [3.8, 4) is 0 Å². The standard InChI is InChI=1S/C15H18N4O2/c1-18-14(6-9-17-18)15(20)19(11-13-3-2-10-21-13)12-4-7-16-8-5-12/h4-9,13H,2-3,10-11H2,1H3. The summed E-state index contributed by atoms with van der Waals surface area (Å²) in [6.45, 7) is 1.32. The summed E-state index contributed by atoms with van der Waals surface area (Å²) in [4.78, 5) is 18.6. The van der Waals surface area contributed by atoms with Gasteiger partial charge in [-0.15, -0.1) is 0 Å². The molecule has 1 fully saturated rings. The predicted molar refractivity (Wildman–Crippen MR) is 78.1 cm³/mol. The number of amides is 1. The van der Waals surface area contributed by atoms with Crippen LogP contribution in [0.15, 0.2) is 36.8 Å². The molecule has 1 unspecified atom stereocenters. The number of nitrogens with zero attached hydrogens (tertiary/aromatic N) is 4. The fraction of sp³-hybridized carbons (Fsp3) is 0.400. The molecule has 0 aromatic carbocycles. The Morgan fingerprint density at radius 3 is 2.81 bits per heavy atom. The van der Waals surface area contributed by atoms with Crippen molar-refractivity contribution < 1.29 is 9.53 Å². The molecule has 2 aromatic heterocycles. The minimum absolute atomic E-state index is 0.0725. The second-order valence-electron chi connectivity index (χ2n) is 5.10. The SMILES string of the molecule is Cn1nccc1C(=O)N(CC1CCCO1)c1ccncc1. The number of hydrogen-bond donors (Lipinski definition) is 0. The van der Waals surface area contributed by atoms with Crippen LogP contribution in [0.25, 0.3) is 0 Å². The molecule has 1 aliphatic heterocycles. The number of carbonyl (C=O) groups excluding carboxylic acids is 1. The zero-order valence-electron chi connectivity index (χ0n) is 12.0. The van der Waals surface area contributed by atoms with Crippen molar-refractivity contribution in [3.05, 3.63) is 42.5 Å². The molecule has 21 heavy (non-hydrogen) atoms. The van der Waals surface area contributed by atoms with Gasteiger partial charge < -0.3 is 9.64 Å². The Bertz CT molecular complexity index is 605. The molecular weight excluding hydrogens is 268 g/mol. The van der Waals surface area contributed by atoms with E-state index < -0.39 is 0 Å². The van der Waals surface area contributed by atoms with Crippen LogP contribution in [0.3, 0.4) is 0 Å². The van der Waals surface area contributed by atoms with Gasteiger partial charge in [0.05, 0.1) is 12.6 Å². The van der Waals surface area contributed by atoms with Gasteiger partial charge in [0.15, 0.2) is 0 Å². The lowest BCUT2D eigenvalue weighted by molar-refractivity contribution is 0.0909. The van der Waals surface area contributed by atoms with Crippen LogP contribution in [0.4, 0.5) is 5.69 Å². The molecule has 0 spiro atoms. The van der Waals surface area contributed by atoms with Crippen molar-refractivity contribution in [2.24, 2.45) is 7.05 Å². The van der Waals surface area contributed by atoms with E-state index in [2.05, 4.69) is 10.1 Å². The van der Waals surface area contributed by atoms with Gasteiger partial charge in [0.1, 0.15) is 5.69 Å². The molecule has 3 rings (SSSR count). The number of hydrogen-bond acceptors (Lipinski definition) is 4. The summed E-state index contributed by atoms with van der Waals surface area (Å²) in [5, 5.41) is 4.07. The van der Waals surface area contributed by atoms with E-state index in [1.807, 2.05) is 12.1 Å². The number of rotatable bonds is 4. The van der Waals surface area contributed by atoms with Crippen molar-refractivity contribution in [1.29, 1.82) is 0 Å². The molecule has 1 aliphatic rings.